The molecule has 2 aliphatic carbocycles. The number of alkyl halides is 10. The fourth-order valence-electron chi connectivity index (χ4n) is 7.75. The third-order valence-electron chi connectivity index (χ3n) is 11.9. The Morgan fingerprint density at radius 2 is 1.12 bits per heavy atom. The first kappa shape index (κ1) is 58.9. The molecule has 2 aromatic carbocycles. The predicted molar refractivity (Wildman–Crippen MR) is 246 cm³/mol. The fraction of sp³-hybridized carbons (Fsp3) is 0.364. The number of nitrogens with zero attached hydrogens (tertiary/aromatic N) is 6. The van der Waals surface area contributed by atoms with Crippen molar-refractivity contribution < 1.29 is 89.0 Å². The summed E-state index contributed by atoms with van der Waals surface area (Å²) in [7, 11) is -10.7. The van der Waals surface area contributed by atoms with E-state index in [1.807, 2.05) is 12.1 Å². The summed E-state index contributed by atoms with van der Waals surface area (Å²) in [5, 5.41) is 38.7. The Morgan fingerprint density at radius 1 is 0.697 bits per heavy atom. The van der Waals surface area contributed by atoms with E-state index in [0.29, 0.717) is 26.7 Å². The number of fused-ring (bicyclic) bond motifs is 2. The molecule has 32 heteroatoms. The zero-order chi connectivity index (χ0) is 56.4. The Bertz CT molecular complexity index is 3400. The van der Waals surface area contributed by atoms with Crippen molar-refractivity contribution in [3.8, 4) is 35.0 Å². The molecule has 16 nitrogen and oxygen atoms in total. The van der Waals surface area contributed by atoms with Crippen LogP contribution in [0.5, 0.6) is 11.5 Å². The number of nitriles is 2. The van der Waals surface area contributed by atoms with Crippen LogP contribution >= 0.6 is 11.6 Å². The third kappa shape index (κ3) is 13.1. The number of halogens is 13. The molecule has 4 aromatic heterocycles. The van der Waals surface area contributed by atoms with Crippen LogP contribution in [0, 0.1) is 34.3 Å². The Kier molecular flexibility index (Phi) is 17.9. The molecule has 0 amide bonds. The van der Waals surface area contributed by atoms with Gasteiger partial charge in [-0.05, 0) is 88.8 Å². The number of benzene rings is 2. The predicted octanol–water partition coefficient (Wildman–Crippen LogP) is 8.89. The van der Waals surface area contributed by atoms with Crippen LogP contribution in [0.4, 0.5) is 52.7 Å². The molecule has 6 aromatic rings. The Morgan fingerprint density at radius 3 is 1.47 bits per heavy atom. The van der Waals surface area contributed by atoms with Crippen molar-refractivity contribution in [1.29, 1.82) is 10.5 Å². The van der Waals surface area contributed by atoms with Crippen LogP contribution in [0.2, 0.25) is 5.15 Å². The molecule has 2 fully saturated rings. The van der Waals surface area contributed by atoms with Crippen molar-refractivity contribution in [2.24, 2.45) is 0 Å². The number of pyridine rings is 2. The molecule has 2 atom stereocenters. The van der Waals surface area contributed by atoms with Crippen LogP contribution in [0.15, 0.2) is 70.7 Å². The Hall–Kier alpha value is -6.35. The molecular formula is C44H38BClF12N8O8S2. The van der Waals surface area contributed by atoms with Gasteiger partial charge in [0.1, 0.15) is 39.2 Å². The molecule has 408 valence electrons. The maximum absolute atomic E-state index is 14.5. The van der Waals surface area contributed by atoms with Gasteiger partial charge in [0.2, 0.25) is 20.0 Å². The molecule has 0 unspecified atom stereocenters. The van der Waals surface area contributed by atoms with Crippen molar-refractivity contribution in [2.75, 3.05) is 0 Å². The lowest BCUT2D eigenvalue weighted by Crippen LogP contribution is -2.42. The maximum Gasteiger partial charge on any atom is 0.507 e. The summed E-state index contributed by atoms with van der Waals surface area (Å²) in [5.74, 6) is -3.49. The second-order valence-electron chi connectivity index (χ2n) is 16.8. The van der Waals surface area contributed by atoms with Crippen molar-refractivity contribution >= 4 is 66.2 Å². The number of sulfonamides is 2. The average molecular weight is 1150 g/mol. The number of hydrogen-bond acceptors (Lipinski definition) is 12. The van der Waals surface area contributed by atoms with Gasteiger partial charge in [0, 0.05) is 47.4 Å². The number of nitrogens with one attached hydrogen (secondary N) is 2. The van der Waals surface area contributed by atoms with E-state index >= 15 is 0 Å². The maximum atomic E-state index is 14.5. The zero-order valence-electron chi connectivity index (χ0n) is 38.8. The van der Waals surface area contributed by atoms with Crippen LogP contribution in [0.25, 0.3) is 33.2 Å². The van der Waals surface area contributed by atoms with E-state index in [1.165, 1.54) is 26.1 Å². The van der Waals surface area contributed by atoms with Gasteiger partial charge in [-0.1, -0.05) is 11.6 Å². The number of rotatable bonds is 14. The van der Waals surface area contributed by atoms with Gasteiger partial charge in [0.05, 0.1) is 39.1 Å². The summed E-state index contributed by atoms with van der Waals surface area (Å²) in [5.41, 5.74) is 0.658. The largest absolute Gasteiger partial charge is 0.507 e. The molecule has 2 saturated carbocycles. The molecule has 4 N–H and O–H groups in total. The minimum atomic E-state index is -4.80. The van der Waals surface area contributed by atoms with Gasteiger partial charge < -0.3 is 28.7 Å². The molecule has 0 saturated heterocycles. The van der Waals surface area contributed by atoms with Crippen LogP contribution < -0.4 is 24.5 Å². The minimum Gasteiger partial charge on any atom is -0.432 e. The van der Waals surface area contributed by atoms with Gasteiger partial charge in [-0.25, -0.2) is 30.6 Å². The van der Waals surface area contributed by atoms with Crippen LogP contribution in [0.3, 0.4) is 0 Å². The lowest BCUT2D eigenvalue weighted by molar-refractivity contribution is -0.147. The summed E-state index contributed by atoms with van der Waals surface area (Å²) >= 11 is 5.43. The second-order valence-corrected chi connectivity index (χ2v) is 20.6. The highest BCUT2D eigenvalue weighted by Gasteiger charge is 2.40. The van der Waals surface area contributed by atoms with Crippen LogP contribution in [0.1, 0.15) is 75.6 Å². The van der Waals surface area contributed by atoms with Gasteiger partial charge in [0.25, 0.3) is 0 Å². The summed E-state index contributed by atoms with van der Waals surface area (Å²) in [4.78, 5) is 6.63. The molecule has 76 heavy (non-hydrogen) atoms. The Labute approximate surface area is 428 Å². The van der Waals surface area contributed by atoms with E-state index in [4.69, 9.17) is 11.6 Å². The first-order valence-corrected chi connectivity index (χ1v) is 25.3. The molecule has 0 spiro atoms. The molecule has 0 radical (unpaired) electrons. The fourth-order valence-corrected chi connectivity index (χ4v) is 10.2. The molecule has 8 rings (SSSR count). The number of aromatic nitrogens is 4. The topological polar surface area (TPSA) is 234 Å². The van der Waals surface area contributed by atoms with Gasteiger partial charge in [-0.3, -0.25) is 4.98 Å². The first-order chi connectivity index (χ1) is 35.4. The lowest BCUT2D eigenvalue weighted by Gasteiger charge is -2.30. The molecule has 4 heterocycles. The van der Waals surface area contributed by atoms with Crippen LogP contribution in [-0.2, 0) is 20.0 Å². The minimum absolute atomic E-state index is 0.0219. The zero-order valence-corrected chi connectivity index (χ0v) is 41.2. The lowest BCUT2D eigenvalue weighted by atomic mass is 9.81. The highest BCUT2D eigenvalue weighted by Crippen LogP contribution is 2.44. The third-order valence-corrected chi connectivity index (χ3v) is 15.2. The van der Waals surface area contributed by atoms with Gasteiger partial charge in [-0.15, -0.1) is 0 Å². The smallest absolute Gasteiger partial charge is 0.432 e. The van der Waals surface area contributed by atoms with E-state index in [-0.39, 0.29) is 72.0 Å². The quantitative estimate of drug-likeness (QED) is 0.0455. The standard InChI is InChI=1S/C22H18F6N4O3S.C14H12BF3N2O3.C8H8ClF3N2O2S/c1-11(22(26,27)28)31-36(33,34)13-5-6-17(30-10-13)20-15(9-29)14-7-16(23)19(35-21(24)25)8-18(14)32(20)12-3-2-4-12;16-10-4-8-9(6-19)13(15(21)22)20(7-2-1-3-7)11(8)5-12(10)23-14(17)18;1-5(8(10,11)12)14-17(15,16)6-2-3-7(9)13-4-6/h5-8,10-12,21,31H,2-4H2,1H3;4-5,7,14,21-22H,1-3H2;2-5,14H,1H3/t11-;;5-/m0.0/s1. The van der Waals surface area contributed by atoms with Crippen molar-refractivity contribution in [3.63, 3.8) is 0 Å². The molecule has 2 aliphatic rings. The highest BCUT2D eigenvalue weighted by molar-refractivity contribution is 7.89. The van der Waals surface area contributed by atoms with E-state index in [9.17, 15) is 90.1 Å². The van der Waals surface area contributed by atoms with E-state index in [2.05, 4.69) is 19.4 Å². The monoisotopic (exact) mass is 1140 g/mol. The van der Waals surface area contributed by atoms with Crippen molar-refractivity contribution in [3.05, 3.63) is 88.8 Å². The Balaban J connectivity index is 0.000000201. The molecular weight excluding hydrogens is 1110 g/mol. The normalized spacial score (nSPS) is 15.2. The first-order valence-electron chi connectivity index (χ1n) is 22.0. The summed E-state index contributed by atoms with van der Waals surface area (Å²) in [6.45, 7) is -5.10. The van der Waals surface area contributed by atoms with Crippen LogP contribution in [-0.4, -0.2) is 90.8 Å². The van der Waals surface area contributed by atoms with Gasteiger partial charge >= 0.3 is 32.7 Å². The number of hydrogen-bond donors (Lipinski definition) is 4. The number of ether oxygens (including phenoxy) is 2. The van der Waals surface area contributed by atoms with E-state index < -0.39 is 92.9 Å². The van der Waals surface area contributed by atoms with Crippen molar-refractivity contribution in [2.45, 2.75) is 112 Å². The van der Waals surface area contributed by atoms with E-state index in [1.54, 1.807) is 4.57 Å². The van der Waals surface area contributed by atoms with Gasteiger partial charge in [0.15, 0.2) is 23.1 Å². The summed E-state index contributed by atoms with van der Waals surface area (Å²) in [6, 6.07) is 7.46. The molecule has 0 aliphatic heterocycles. The molecule has 0 bridgehead atoms. The highest BCUT2D eigenvalue weighted by atomic mass is 35.5. The van der Waals surface area contributed by atoms with E-state index in [0.717, 1.165) is 74.5 Å². The SMILES string of the molecule is C[C@H](NS(=O)(=O)c1ccc(-c2c(C#N)c3cc(F)c(OC(F)F)cc3n2C2CCC2)nc1)C(F)(F)F.C[C@H](NS(=O)(=O)c1ccc(Cl)nc1)C(F)(F)F.N#Cc1c(B(O)O)n(C2CCC2)c2cc(OC(F)F)c(F)cc12. The summed E-state index contributed by atoms with van der Waals surface area (Å²) in [6.07, 6.45) is -3.10. The van der Waals surface area contributed by atoms with Crippen molar-refractivity contribution in [1.82, 2.24) is 28.5 Å². The average Bonchev–Trinajstić information content (AvgIpc) is 3.75. The van der Waals surface area contributed by atoms with Gasteiger partial charge in [-0.2, -0.15) is 63.9 Å². The summed E-state index contributed by atoms with van der Waals surface area (Å²) < 4.78 is 216. The second kappa shape index (κ2) is 23.1.